The molecule has 2 rings (SSSR count). The van der Waals surface area contributed by atoms with Gasteiger partial charge in [0.05, 0.1) is 6.54 Å². The molecule has 0 heterocycles. The molecule has 1 amide bonds. The Labute approximate surface area is 79.3 Å². The first-order valence-corrected chi connectivity index (χ1v) is 5.34. The second-order valence-corrected chi connectivity index (χ2v) is 4.24. The van der Waals surface area contributed by atoms with Crippen LogP contribution in [-0.2, 0) is 4.79 Å². The van der Waals surface area contributed by atoms with E-state index in [4.69, 9.17) is 0 Å². The zero-order valence-corrected chi connectivity index (χ0v) is 8.01. The van der Waals surface area contributed by atoms with Gasteiger partial charge in [0.15, 0.2) is 0 Å². The Hall–Kier alpha value is -0.570. The molecule has 0 bridgehead atoms. The predicted molar refractivity (Wildman–Crippen MR) is 51.4 cm³/mol. The molecule has 2 aliphatic carbocycles. The molecule has 0 aromatic rings. The molecule has 3 nitrogen and oxygen atoms in total. The fraction of sp³-hybridized carbons (Fsp3) is 0.900. The smallest absolute Gasteiger partial charge is 0.233 e. The molecule has 2 aliphatic rings. The Kier molecular flexibility index (Phi) is 2.83. The number of hydrogen-bond acceptors (Lipinski definition) is 2. The molecule has 2 saturated carbocycles. The van der Waals surface area contributed by atoms with Gasteiger partial charge in [-0.25, -0.2) is 0 Å². The maximum atomic E-state index is 11.2. The van der Waals surface area contributed by atoms with Crippen LogP contribution in [0.3, 0.4) is 0 Å². The van der Waals surface area contributed by atoms with E-state index >= 15 is 0 Å². The average molecular weight is 182 g/mol. The summed E-state index contributed by atoms with van der Waals surface area (Å²) in [4.78, 5) is 11.2. The van der Waals surface area contributed by atoms with E-state index < -0.39 is 0 Å². The van der Waals surface area contributed by atoms with Crippen molar-refractivity contribution in [1.29, 1.82) is 0 Å². The first-order valence-electron chi connectivity index (χ1n) is 5.34. The third-order valence-corrected chi connectivity index (χ3v) is 2.70. The monoisotopic (exact) mass is 182 g/mol. The van der Waals surface area contributed by atoms with Crippen molar-refractivity contribution in [3.05, 3.63) is 0 Å². The van der Waals surface area contributed by atoms with Crippen molar-refractivity contribution < 1.29 is 4.79 Å². The molecule has 74 valence electrons. The van der Waals surface area contributed by atoms with Crippen molar-refractivity contribution in [2.45, 2.75) is 38.1 Å². The average Bonchev–Trinajstić information content (AvgIpc) is 2.97. The molecule has 13 heavy (non-hydrogen) atoms. The Balaban J connectivity index is 1.44. The third kappa shape index (κ3) is 3.77. The highest BCUT2D eigenvalue weighted by atomic mass is 16.1. The Bertz CT molecular complexity index is 185. The Morgan fingerprint density at radius 2 is 2.00 bits per heavy atom. The van der Waals surface area contributed by atoms with Gasteiger partial charge in [-0.1, -0.05) is 12.8 Å². The van der Waals surface area contributed by atoms with E-state index in [1.54, 1.807) is 0 Å². The summed E-state index contributed by atoms with van der Waals surface area (Å²) in [5.74, 6) is 1.07. The minimum absolute atomic E-state index is 0.160. The normalized spacial score (nSPS) is 21.5. The molecule has 0 unspecified atom stereocenters. The van der Waals surface area contributed by atoms with Crippen LogP contribution >= 0.6 is 0 Å². The highest BCUT2D eigenvalue weighted by Gasteiger charge is 2.22. The van der Waals surface area contributed by atoms with E-state index in [0.717, 1.165) is 12.5 Å². The van der Waals surface area contributed by atoms with Crippen molar-refractivity contribution in [2.75, 3.05) is 13.1 Å². The maximum Gasteiger partial charge on any atom is 0.233 e. The first kappa shape index (κ1) is 9.00. The van der Waals surface area contributed by atoms with Gasteiger partial charge in [0.25, 0.3) is 0 Å². The Morgan fingerprint density at radius 1 is 1.23 bits per heavy atom. The number of carbonyl (C=O) groups excluding carboxylic acids is 1. The molecule has 0 atom stereocenters. The Morgan fingerprint density at radius 3 is 2.62 bits per heavy atom. The predicted octanol–water partition coefficient (Wildman–Crippen LogP) is 0.655. The number of amides is 1. The van der Waals surface area contributed by atoms with Crippen molar-refractivity contribution in [3.8, 4) is 0 Å². The van der Waals surface area contributed by atoms with Crippen LogP contribution in [-0.4, -0.2) is 25.0 Å². The molecule has 0 aliphatic heterocycles. The number of nitrogens with one attached hydrogen (secondary N) is 2. The third-order valence-electron chi connectivity index (χ3n) is 2.70. The summed E-state index contributed by atoms with van der Waals surface area (Å²) in [6.45, 7) is 1.38. The van der Waals surface area contributed by atoms with Gasteiger partial charge in [0.1, 0.15) is 0 Å². The number of hydrogen-bond donors (Lipinski definition) is 2. The van der Waals surface area contributed by atoms with Gasteiger partial charge in [0.2, 0.25) is 5.91 Å². The fourth-order valence-electron chi connectivity index (χ4n) is 1.41. The molecule has 0 saturated heterocycles. The van der Waals surface area contributed by atoms with E-state index in [0.29, 0.717) is 12.6 Å². The molecule has 0 radical (unpaired) electrons. The maximum absolute atomic E-state index is 11.2. The fourth-order valence-corrected chi connectivity index (χ4v) is 1.41. The van der Waals surface area contributed by atoms with Crippen molar-refractivity contribution in [3.63, 3.8) is 0 Å². The molecule has 0 aromatic carbocycles. The number of rotatable bonds is 6. The molecule has 0 spiro atoms. The van der Waals surface area contributed by atoms with Crippen LogP contribution in [0, 0.1) is 5.92 Å². The van der Waals surface area contributed by atoms with E-state index in [1.165, 1.54) is 32.1 Å². The summed E-state index contributed by atoms with van der Waals surface area (Å²) >= 11 is 0. The summed E-state index contributed by atoms with van der Waals surface area (Å²) in [6.07, 6.45) is 6.41. The minimum atomic E-state index is 0.160. The van der Waals surface area contributed by atoms with E-state index in [-0.39, 0.29) is 5.91 Å². The lowest BCUT2D eigenvalue weighted by molar-refractivity contribution is -0.120. The minimum Gasteiger partial charge on any atom is -0.355 e. The number of carbonyl (C=O) groups is 1. The van der Waals surface area contributed by atoms with Gasteiger partial charge in [-0.05, 0) is 25.2 Å². The summed E-state index contributed by atoms with van der Waals surface area (Å²) in [6, 6.07) is 0.634. The van der Waals surface area contributed by atoms with Gasteiger partial charge in [-0.2, -0.15) is 0 Å². The lowest BCUT2D eigenvalue weighted by atomic mass is 10.3. The van der Waals surface area contributed by atoms with Crippen molar-refractivity contribution >= 4 is 5.91 Å². The lowest BCUT2D eigenvalue weighted by Crippen LogP contribution is -2.35. The van der Waals surface area contributed by atoms with Crippen LogP contribution in [0.25, 0.3) is 0 Å². The standard InChI is InChI=1S/C10H18N2O/c13-10(7-12-9-3-4-9)11-6-5-8-1-2-8/h8-9,12H,1-7H2,(H,11,13). The van der Waals surface area contributed by atoms with Crippen molar-refractivity contribution in [1.82, 2.24) is 10.6 Å². The SMILES string of the molecule is O=C(CNC1CC1)NCCC1CC1. The van der Waals surface area contributed by atoms with Crippen LogP contribution in [0.2, 0.25) is 0 Å². The van der Waals surface area contributed by atoms with E-state index in [2.05, 4.69) is 10.6 Å². The zero-order valence-electron chi connectivity index (χ0n) is 8.01. The van der Waals surface area contributed by atoms with Gasteiger partial charge >= 0.3 is 0 Å². The van der Waals surface area contributed by atoms with Crippen LogP contribution in [0.4, 0.5) is 0 Å². The molecule has 3 heteroatoms. The highest BCUT2D eigenvalue weighted by molar-refractivity contribution is 5.78. The second-order valence-electron chi connectivity index (χ2n) is 4.24. The zero-order chi connectivity index (χ0) is 9.10. The summed E-state index contributed by atoms with van der Waals surface area (Å²) < 4.78 is 0. The van der Waals surface area contributed by atoms with Gasteiger partial charge < -0.3 is 10.6 Å². The van der Waals surface area contributed by atoms with Crippen LogP contribution in [0.15, 0.2) is 0 Å². The molecule has 0 aromatic heterocycles. The lowest BCUT2D eigenvalue weighted by Gasteiger charge is -2.04. The van der Waals surface area contributed by atoms with Gasteiger partial charge in [-0.15, -0.1) is 0 Å². The van der Waals surface area contributed by atoms with E-state index in [9.17, 15) is 4.79 Å². The molecular formula is C10H18N2O. The van der Waals surface area contributed by atoms with E-state index in [1.807, 2.05) is 0 Å². The topological polar surface area (TPSA) is 41.1 Å². The van der Waals surface area contributed by atoms with Crippen LogP contribution in [0.5, 0.6) is 0 Å². The molecule has 2 N–H and O–H groups in total. The summed E-state index contributed by atoms with van der Waals surface area (Å²) in [7, 11) is 0. The summed E-state index contributed by atoms with van der Waals surface area (Å²) in [5.41, 5.74) is 0. The van der Waals surface area contributed by atoms with Gasteiger partial charge in [-0.3, -0.25) is 4.79 Å². The van der Waals surface area contributed by atoms with Crippen LogP contribution < -0.4 is 10.6 Å². The highest BCUT2D eigenvalue weighted by Crippen LogP contribution is 2.31. The van der Waals surface area contributed by atoms with Crippen molar-refractivity contribution in [2.24, 2.45) is 5.92 Å². The van der Waals surface area contributed by atoms with Gasteiger partial charge in [0, 0.05) is 12.6 Å². The molecular weight excluding hydrogens is 164 g/mol. The second kappa shape index (κ2) is 4.09. The molecule has 2 fully saturated rings. The largest absolute Gasteiger partial charge is 0.355 e. The van der Waals surface area contributed by atoms with Crippen LogP contribution in [0.1, 0.15) is 32.1 Å². The first-order chi connectivity index (χ1) is 6.34. The summed E-state index contributed by atoms with van der Waals surface area (Å²) in [5, 5.41) is 6.13. The quantitative estimate of drug-likeness (QED) is 0.633.